The summed E-state index contributed by atoms with van der Waals surface area (Å²) in [5.41, 5.74) is 1.00. The zero-order chi connectivity index (χ0) is 16.7. The van der Waals surface area contributed by atoms with Crippen molar-refractivity contribution < 1.29 is 14.3 Å². The molecular formula is C15H25N3O3S. The quantitative estimate of drug-likeness (QED) is 0.781. The standard InChI is InChI=1S/C15H25N3O3S/c1-6-18(15(20)16-11(4)14(19)21-5)8-7-12-9-22-13(17-12)10(2)3/h9-11H,6-8H2,1-5H3,(H,16,20)/t11-/m0/s1. The normalized spacial score (nSPS) is 12.1. The summed E-state index contributed by atoms with van der Waals surface area (Å²) >= 11 is 1.65. The topological polar surface area (TPSA) is 71.5 Å². The van der Waals surface area contributed by atoms with Gasteiger partial charge >= 0.3 is 12.0 Å². The van der Waals surface area contributed by atoms with Gasteiger partial charge in [0.2, 0.25) is 0 Å². The highest BCUT2D eigenvalue weighted by Crippen LogP contribution is 2.19. The van der Waals surface area contributed by atoms with Gasteiger partial charge in [-0.3, -0.25) is 0 Å². The fourth-order valence-corrected chi connectivity index (χ4v) is 2.74. The minimum absolute atomic E-state index is 0.264. The van der Waals surface area contributed by atoms with E-state index in [1.807, 2.05) is 12.3 Å². The van der Waals surface area contributed by atoms with Crippen LogP contribution in [0.15, 0.2) is 5.38 Å². The number of aromatic nitrogens is 1. The van der Waals surface area contributed by atoms with E-state index in [4.69, 9.17) is 0 Å². The van der Waals surface area contributed by atoms with Gasteiger partial charge in [-0.25, -0.2) is 14.6 Å². The number of carbonyl (C=O) groups is 2. The van der Waals surface area contributed by atoms with E-state index < -0.39 is 12.0 Å². The van der Waals surface area contributed by atoms with Crippen molar-refractivity contribution in [2.24, 2.45) is 0 Å². The van der Waals surface area contributed by atoms with E-state index in [1.54, 1.807) is 23.2 Å². The first kappa shape index (κ1) is 18.4. The molecule has 2 amide bonds. The number of methoxy groups -OCH3 is 1. The minimum atomic E-state index is -0.654. The predicted molar refractivity (Wildman–Crippen MR) is 87.2 cm³/mol. The van der Waals surface area contributed by atoms with Crippen molar-refractivity contribution in [1.82, 2.24) is 15.2 Å². The van der Waals surface area contributed by atoms with Crippen LogP contribution in [0, 0.1) is 0 Å². The monoisotopic (exact) mass is 327 g/mol. The Morgan fingerprint density at radius 1 is 1.41 bits per heavy atom. The van der Waals surface area contributed by atoms with Crippen molar-refractivity contribution in [1.29, 1.82) is 0 Å². The highest BCUT2D eigenvalue weighted by molar-refractivity contribution is 7.09. The van der Waals surface area contributed by atoms with Crippen LogP contribution < -0.4 is 5.32 Å². The molecule has 124 valence electrons. The van der Waals surface area contributed by atoms with Gasteiger partial charge in [0.25, 0.3) is 0 Å². The van der Waals surface area contributed by atoms with Crippen LogP contribution in [0.3, 0.4) is 0 Å². The average Bonchev–Trinajstić information content (AvgIpc) is 2.96. The van der Waals surface area contributed by atoms with Gasteiger partial charge < -0.3 is 15.0 Å². The Morgan fingerprint density at radius 2 is 2.09 bits per heavy atom. The van der Waals surface area contributed by atoms with E-state index in [1.165, 1.54) is 7.11 Å². The van der Waals surface area contributed by atoms with Gasteiger partial charge in [-0.15, -0.1) is 11.3 Å². The summed E-state index contributed by atoms with van der Waals surface area (Å²) in [4.78, 5) is 29.7. The van der Waals surface area contributed by atoms with Gasteiger partial charge in [0, 0.05) is 30.8 Å². The molecule has 1 aromatic rings. The smallest absolute Gasteiger partial charge is 0.328 e. The van der Waals surface area contributed by atoms with Crippen LogP contribution in [-0.4, -0.2) is 48.1 Å². The van der Waals surface area contributed by atoms with Crippen LogP contribution in [0.25, 0.3) is 0 Å². The van der Waals surface area contributed by atoms with Crippen molar-refractivity contribution in [3.63, 3.8) is 0 Å². The number of esters is 1. The number of hydrogen-bond acceptors (Lipinski definition) is 5. The zero-order valence-corrected chi connectivity index (χ0v) is 14.7. The van der Waals surface area contributed by atoms with E-state index in [9.17, 15) is 9.59 Å². The Kier molecular flexibility index (Phi) is 7.31. The lowest BCUT2D eigenvalue weighted by Gasteiger charge is -2.22. The highest BCUT2D eigenvalue weighted by Gasteiger charge is 2.19. The third-order valence-electron chi connectivity index (χ3n) is 3.26. The minimum Gasteiger partial charge on any atom is -0.467 e. The summed E-state index contributed by atoms with van der Waals surface area (Å²) in [5.74, 6) is -0.0317. The molecular weight excluding hydrogens is 302 g/mol. The van der Waals surface area contributed by atoms with Crippen molar-refractivity contribution in [3.05, 3.63) is 16.1 Å². The molecule has 0 saturated carbocycles. The molecule has 0 aromatic carbocycles. The van der Waals surface area contributed by atoms with Crippen molar-refractivity contribution in [2.75, 3.05) is 20.2 Å². The maximum absolute atomic E-state index is 12.1. The summed E-state index contributed by atoms with van der Waals surface area (Å²) < 4.78 is 4.60. The third kappa shape index (κ3) is 5.29. The molecule has 1 aromatic heterocycles. The van der Waals surface area contributed by atoms with Gasteiger partial charge in [0.05, 0.1) is 17.8 Å². The van der Waals surface area contributed by atoms with Gasteiger partial charge in [-0.1, -0.05) is 13.8 Å². The zero-order valence-electron chi connectivity index (χ0n) is 13.9. The molecule has 1 rings (SSSR count). The van der Waals surface area contributed by atoms with Crippen LogP contribution in [0.4, 0.5) is 4.79 Å². The molecule has 22 heavy (non-hydrogen) atoms. The van der Waals surface area contributed by atoms with E-state index in [0.29, 0.717) is 25.4 Å². The number of carbonyl (C=O) groups excluding carboxylic acids is 2. The second-order valence-electron chi connectivity index (χ2n) is 5.36. The molecule has 0 aliphatic carbocycles. The van der Waals surface area contributed by atoms with Crippen molar-refractivity contribution >= 4 is 23.3 Å². The summed E-state index contributed by atoms with van der Waals surface area (Å²) in [6.07, 6.45) is 0.705. The lowest BCUT2D eigenvalue weighted by Crippen LogP contribution is -2.47. The van der Waals surface area contributed by atoms with E-state index in [2.05, 4.69) is 28.9 Å². The SMILES string of the molecule is CCN(CCc1csc(C(C)C)n1)C(=O)N[C@@H](C)C(=O)OC. The van der Waals surface area contributed by atoms with E-state index in [-0.39, 0.29) is 6.03 Å². The number of nitrogens with one attached hydrogen (secondary N) is 1. The largest absolute Gasteiger partial charge is 0.467 e. The van der Waals surface area contributed by atoms with Gasteiger partial charge in [-0.2, -0.15) is 0 Å². The molecule has 0 aliphatic rings. The predicted octanol–water partition coefficient (Wildman–Crippen LogP) is 2.40. The fraction of sp³-hybridized carbons (Fsp3) is 0.667. The Bertz CT molecular complexity index is 502. The second kappa shape index (κ2) is 8.73. The number of nitrogens with zero attached hydrogens (tertiary/aromatic N) is 2. The Morgan fingerprint density at radius 3 is 2.59 bits per heavy atom. The molecule has 0 radical (unpaired) electrons. The maximum atomic E-state index is 12.1. The molecule has 0 unspecified atom stereocenters. The van der Waals surface area contributed by atoms with Crippen LogP contribution in [0.1, 0.15) is 44.3 Å². The summed E-state index contributed by atoms with van der Waals surface area (Å²) in [5, 5.41) is 5.79. The molecule has 0 aliphatic heterocycles. The first-order valence-corrected chi connectivity index (χ1v) is 8.34. The molecule has 1 N–H and O–H groups in total. The number of ether oxygens (including phenoxy) is 1. The number of thiazole rings is 1. The molecule has 0 saturated heterocycles. The Labute approximate surface area is 135 Å². The molecule has 0 fully saturated rings. The number of hydrogen-bond donors (Lipinski definition) is 1. The molecule has 6 nitrogen and oxygen atoms in total. The molecule has 1 atom stereocenters. The molecule has 0 spiro atoms. The van der Waals surface area contributed by atoms with Crippen LogP contribution in [0.5, 0.6) is 0 Å². The molecule has 1 heterocycles. The Hall–Kier alpha value is -1.63. The first-order chi connectivity index (χ1) is 10.4. The number of urea groups is 1. The number of likely N-dealkylation sites (N-methyl/N-ethyl adjacent to an activating group) is 1. The third-order valence-corrected chi connectivity index (χ3v) is 4.46. The van der Waals surface area contributed by atoms with Gasteiger partial charge in [0.1, 0.15) is 6.04 Å². The average molecular weight is 327 g/mol. The van der Waals surface area contributed by atoms with Crippen LogP contribution in [-0.2, 0) is 16.0 Å². The van der Waals surface area contributed by atoms with Crippen molar-refractivity contribution in [2.45, 2.75) is 46.1 Å². The number of amides is 2. The van der Waals surface area contributed by atoms with E-state index >= 15 is 0 Å². The van der Waals surface area contributed by atoms with Gasteiger partial charge in [0.15, 0.2) is 0 Å². The highest BCUT2D eigenvalue weighted by atomic mass is 32.1. The lowest BCUT2D eigenvalue weighted by molar-refractivity contribution is -0.142. The summed E-state index contributed by atoms with van der Waals surface area (Å²) in [6.45, 7) is 8.87. The Balaban J connectivity index is 2.53. The number of rotatable bonds is 7. The molecule has 7 heteroatoms. The van der Waals surface area contributed by atoms with Crippen LogP contribution >= 0.6 is 11.3 Å². The molecule has 0 bridgehead atoms. The lowest BCUT2D eigenvalue weighted by atomic mass is 10.2. The van der Waals surface area contributed by atoms with E-state index in [0.717, 1.165) is 10.7 Å². The first-order valence-electron chi connectivity index (χ1n) is 7.46. The van der Waals surface area contributed by atoms with Crippen molar-refractivity contribution in [3.8, 4) is 0 Å². The maximum Gasteiger partial charge on any atom is 0.328 e. The summed E-state index contributed by atoms with van der Waals surface area (Å²) in [7, 11) is 1.30. The van der Waals surface area contributed by atoms with Gasteiger partial charge in [-0.05, 0) is 13.8 Å². The second-order valence-corrected chi connectivity index (χ2v) is 6.25. The fourth-order valence-electron chi connectivity index (χ4n) is 1.87. The van der Waals surface area contributed by atoms with Crippen LogP contribution in [0.2, 0.25) is 0 Å². The summed E-state index contributed by atoms with van der Waals surface area (Å²) in [6, 6.07) is -0.918.